The van der Waals surface area contributed by atoms with Gasteiger partial charge in [-0.15, -0.1) is 0 Å². The number of amides is 1. The first-order valence-electron chi connectivity index (χ1n) is 7.28. The molecule has 23 heavy (non-hydrogen) atoms. The molecule has 0 aromatic heterocycles. The molecule has 1 N–H and O–H groups in total. The predicted molar refractivity (Wildman–Crippen MR) is 98.9 cm³/mol. The Bertz CT molecular complexity index is 744. The number of hydrogen-bond donors (Lipinski definition) is 1. The first-order chi connectivity index (χ1) is 10.8. The van der Waals surface area contributed by atoms with Gasteiger partial charge in [0.1, 0.15) is 5.75 Å². The lowest BCUT2D eigenvalue weighted by Gasteiger charge is -2.16. The summed E-state index contributed by atoms with van der Waals surface area (Å²) in [7, 11) is 1.64. The fraction of sp³-hybridized carbons (Fsp3) is 0.278. The molecule has 0 saturated heterocycles. The Hall–Kier alpha value is -1.52. The van der Waals surface area contributed by atoms with Crippen LogP contribution in [-0.4, -0.2) is 13.0 Å². The maximum absolute atomic E-state index is 12.6. The third-order valence-corrected chi connectivity index (χ3v) is 4.85. The fourth-order valence-corrected chi connectivity index (χ4v) is 2.77. The molecule has 0 unspecified atom stereocenters. The number of hydrogen-bond acceptors (Lipinski definition) is 2. The zero-order valence-electron chi connectivity index (χ0n) is 13.5. The van der Waals surface area contributed by atoms with Gasteiger partial charge in [0.05, 0.1) is 12.1 Å². The van der Waals surface area contributed by atoms with Gasteiger partial charge in [0, 0.05) is 15.7 Å². The number of aryl methyl sites for hydroxylation is 1. The molecular weight excluding hydrogens is 378 g/mol. The van der Waals surface area contributed by atoms with E-state index in [1.165, 1.54) is 0 Å². The Morgan fingerprint density at radius 2 is 1.96 bits per heavy atom. The number of halogens is 2. The Balaban J connectivity index is 2.35. The molecule has 0 atom stereocenters. The van der Waals surface area contributed by atoms with Gasteiger partial charge in [0.25, 0.3) is 5.91 Å². The molecule has 1 amide bonds. The number of methoxy groups -OCH3 is 1. The first-order valence-corrected chi connectivity index (χ1v) is 8.45. The average molecular weight is 397 g/mol. The van der Waals surface area contributed by atoms with E-state index in [4.69, 9.17) is 16.3 Å². The number of anilines is 1. The SMILES string of the molecule is COc1cc(C)c(C(=O)Nc2ccc(Br)c(Cl)c2)cc1C(C)C. The molecule has 0 bridgehead atoms. The van der Waals surface area contributed by atoms with Crippen LogP contribution in [0.15, 0.2) is 34.8 Å². The van der Waals surface area contributed by atoms with E-state index < -0.39 is 0 Å². The van der Waals surface area contributed by atoms with Gasteiger partial charge >= 0.3 is 0 Å². The van der Waals surface area contributed by atoms with Crippen LogP contribution < -0.4 is 10.1 Å². The minimum absolute atomic E-state index is 0.162. The predicted octanol–water partition coefficient (Wildman–Crippen LogP) is 5.80. The van der Waals surface area contributed by atoms with Crippen LogP contribution in [0.1, 0.15) is 41.3 Å². The number of carbonyl (C=O) groups is 1. The molecule has 0 aliphatic carbocycles. The van der Waals surface area contributed by atoms with Crippen molar-refractivity contribution in [1.82, 2.24) is 0 Å². The Morgan fingerprint density at radius 3 is 2.52 bits per heavy atom. The molecule has 122 valence electrons. The molecule has 0 radical (unpaired) electrons. The van der Waals surface area contributed by atoms with Crippen molar-refractivity contribution in [1.29, 1.82) is 0 Å². The molecule has 2 aromatic rings. The van der Waals surface area contributed by atoms with E-state index in [0.717, 1.165) is 21.3 Å². The second-order valence-corrected chi connectivity index (χ2v) is 6.91. The van der Waals surface area contributed by atoms with Crippen molar-refractivity contribution in [3.63, 3.8) is 0 Å². The molecule has 0 saturated carbocycles. The van der Waals surface area contributed by atoms with Crippen LogP contribution in [0, 0.1) is 6.92 Å². The van der Waals surface area contributed by atoms with Crippen molar-refractivity contribution in [3.05, 3.63) is 56.5 Å². The van der Waals surface area contributed by atoms with Crippen LogP contribution in [0.3, 0.4) is 0 Å². The van der Waals surface area contributed by atoms with Crippen LogP contribution in [0.4, 0.5) is 5.69 Å². The largest absolute Gasteiger partial charge is 0.496 e. The lowest BCUT2D eigenvalue weighted by molar-refractivity contribution is 0.102. The summed E-state index contributed by atoms with van der Waals surface area (Å²) < 4.78 is 6.21. The van der Waals surface area contributed by atoms with Crippen LogP contribution >= 0.6 is 27.5 Å². The van der Waals surface area contributed by atoms with Crippen LogP contribution in [0.5, 0.6) is 5.75 Å². The van der Waals surface area contributed by atoms with Crippen LogP contribution in [0.2, 0.25) is 5.02 Å². The molecule has 0 heterocycles. The minimum atomic E-state index is -0.162. The minimum Gasteiger partial charge on any atom is -0.496 e. The monoisotopic (exact) mass is 395 g/mol. The van der Waals surface area contributed by atoms with Crippen molar-refractivity contribution in [2.24, 2.45) is 0 Å². The van der Waals surface area contributed by atoms with Crippen LogP contribution in [0.25, 0.3) is 0 Å². The van der Waals surface area contributed by atoms with Gasteiger partial charge in [-0.05, 0) is 70.2 Å². The summed E-state index contributed by atoms with van der Waals surface area (Å²) >= 11 is 9.40. The molecule has 0 aliphatic heterocycles. The first kappa shape index (κ1) is 17.8. The summed E-state index contributed by atoms with van der Waals surface area (Å²) in [5, 5.41) is 3.44. The van der Waals surface area contributed by atoms with Crippen molar-refractivity contribution < 1.29 is 9.53 Å². The molecule has 0 aliphatic rings. The van der Waals surface area contributed by atoms with E-state index in [1.54, 1.807) is 25.3 Å². The highest BCUT2D eigenvalue weighted by Crippen LogP contribution is 2.30. The lowest BCUT2D eigenvalue weighted by Crippen LogP contribution is -2.14. The quantitative estimate of drug-likeness (QED) is 0.709. The molecule has 2 aromatic carbocycles. The van der Waals surface area contributed by atoms with Crippen molar-refractivity contribution >= 4 is 39.1 Å². The van der Waals surface area contributed by atoms with Gasteiger partial charge in [0.2, 0.25) is 0 Å². The highest BCUT2D eigenvalue weighted by Gasteiger charge is 2.16. The van der Waals surface area contributed by atoms with Crippen molar-refractivity contribution in [2.75, 3.05) is 12.4 Å². The lowest BCUT2D eigenvalue weighted by atomic mass is 9.96. The zero-order valence-corrected chi connectivity index (χ0v) is 15.9. The van der Waals surface area contributed by atoms with Gasteiger partial charge in [0.15, 0.2) is 0 Å². The maximum Gasteiger partial charge on any atom is 0.255 e. The maximum atomic E-state index is 12.6. The molecule has 0 fully saturated rings. The summed E-state index contributed by atoms with van der Waals surface area (Å²) in [6.45, 7) is 6.04. The van der Waals surface area contributed by atoms with Gasteiger partial charge in [-0.3, -0.25) is 4.79 Å². The Morgan fingerprint density at radius 1 is 1.26 bits per heavy atom. The molecule has 3 nitrogen and oxygen atoms in total. The van der Waals surface area contributed by atoms with E-state index in [2.05, 4.69) is 35.1 Å². The number of nitrogens with one attached hydrogen (secondary N) is 1. The second kappa shape index (κ2) is 7.37. The standard InChI is InChI=1S/C18H19BrClNO2/c1-10(2)13-9-14(11(3)7-17(13)23-4)18(22)21-12-5-6-15(19)16(20)8-12/h5-10H,1-4H3,(H,21,22). The summed E-state index contributed by atoms with van der Waals surface area (Å²) in [4.78, 5) is 12.6. The highest BCUT2D eigenvalue weighted by atomic mass is 79.9. The summed E-state index contributed by atoms with van der Waals surface area (Å²) in [6.07, 6.45) is 0. The van der Waals surface area contributed by atoms with Gasteiger partial charge in [-0.1, -0.05) is 25.4 Å². The van der Waals surface area contributed by atoms with E-state index in [1.807, 2.05) is 19.1 Å². The molecule has 2 rings (SSSR count). The summed E-state index contributed by atoms with van der Waals surface area (Å²) in [5.74, 6) is 0.908. The second-order valence-electron chi connectivity index (χ2n) is 5.65. The van der Waals surface area contributed by atoms with E-state index in [9.17, 15) is 4.79 Å². The third-order valence-electron chi connectivity index (χ3n) is 3.62. The Labute approximate surface area is 150 Å². The number of benzene rings is 2. The smallest absolute Gasteiger partial charge is 0.255 e. The number of rotatable bonds is 4. The Kier molecular flexibility index (Phi) is 5.71. The van der Waals surface area contributed by atoms with Gasteiger partial charge < -0.3 is 10.1 Å². The van der Waals surface area contributed by atoms with E-state index >= 15 is 0 Å². The van der Waals surface area contributed by atoms with E-state index in [0.29, 0.717) is 16.3 Å². The van der Waals surface area contributed by atoms with E-state index in [-0.39, 0.29) is 11.8 Å². The molecule has 0 spiro atoms. The number of ether oxygens (including phenoxy) is 1. The summed E-state index contributed by atoms with van der Waals surface area (Å²) in [5.41, 5.74) is 3.17. The third kappa shape index (κ3) is 4.06. The zero-order chi connectivity index (χ0) is 17.1. The average Bonchev–Trinajstić information content (AvgIpc) is 2.50. The van der Waals surface area contributed by atoms with Gasteiger partial charge in [-0.25, -0.2) is 0 Å². The van der Waals surface area contributed by atoms with Crippen LogP contribution in [-0.2, 0) is 0 Å². The van der Waals surface area contributed by atoms with Crippen molar-refractivity contribution in [3.8, 4) is 5.75 Å². The van der Waals surface area contributed by atoms with Gasteiger partial charge in [-0.2, -0.15) is 0 Å². The highest BCUT2D eigenvalue weighted by molar-refractivity contribution is 9.10. The van der Waals surface area contributed by atoms with Crippen molar-refractivity contribution in [2.45, 2.75) is 26.7 Å². The number of carbonyl (C=O) groups excluding carboxylic acids is 1. The topological polar surface area (TPSA) is 38.3 Å². The summed E-state index contributed by atoms with van der Waals surface area (Å²) in [6, 6.07) is 9.12. The normalized spacial score (nSPS) is 10.7. The molecule has 5 heteroatoms. The molecular formula is C18H19BrClNO2. The fourth-order valence-electron chi connectivity index (χ4n) is 2.34.